The molecule has 7 heteroatoms. The van der Waals surface area contributed by atoms with Crippen molar-refractivity contribution in [3.63, 3.8) is 0 Å². The maximum absolute atomic E-state index is 5.46. The first kappa shape index (κ1) is 17.7. The molecule has 0 radical (unpaired) electrons. The maximum atomic E-state index is 5.46. The minimum absolute atomic E-state index is 0.642. The normalized spacial score (nSPS) is 10.7. The highest BCUT2D eigenvalue weighted by Gasteiger charge is 2.11. The van der Waals surface area contributed by atoms with E-state index in [1.54, 1.807) is 40.1 Å². The molecular formula is C21H20N4O3. The number of imidazole rings is 1. The summed E-state index contributed by atoms with van der Waals surface area (Å²) < 4.78 is 18.2. The van der Waals surface area contributed by atoms with Gasteiger partial charge in [0.2, 0.25) is 0 Å². The van der Waals surface area contributed by atoms with Gasteiger partial charge in [-0.3, -0.25) is 4.98 Å². The number of fused-ring (bicyclic) bond motifs is 1. The van der Waals surface area contributed by atoms with Gasteiger partial charge in [-0.1, -0.05) is 0 Å². The number of anilines is 2. The summed E-state index contributed by atoms with van der Waals surface area (Å²) in [4.78, 5) is 8.56. The van der Waals surface area contributed by atoms with Gasteiger partial charge in [-0.05, 0) is 18.2 Å². The zero-order chi connectivity index (χ0) is 19.5. The highest BCUT2D eigenvalue weighted by molar-refractivity contribution is 5.95. The summed E-state index contributed by atoms with van der Waals surface area (Å²) in [5, 5.41) is 4.39. The minimum atomic E-state index is 0.642. The van der Waals surface area contributed by atoms with Crippen LogP contribution in [0.15, 0.2) is 61.3 Å². The number of methoxy groups -OCH3 is 3. The van der Waals surface area contributed by atoms with Gasteiger partial charge in [0.1, 0.15) is 5.75 Å². The summed E-state index contributed by atoms with van der Waals surface area (Å²) in [6, 6.07) is 11.6. The summed E-state index contributed by atoms with van der Waals surface area (Å²) in [5.74, 6) is 2.03. The van der Waals surface area contributed by atoms with E-state index in [4.69, 9.17) is 14.2 Å². The number of ether oxygens (including phenoxy) is 3. The van der Waals surface area contributed by atoms with Crippen molar-refractivity contribution < 1.29 is 14.2 Å². The van der Waals surface area contributed by atoms with Gasteiger partial charge in [0.25, 0.3) is 0 Å². The Hall–Kier alpha value is -3.74. The van der Waals surface area contributed by atoms with Gasteiger partial charge >= 0.3 is 0 Å². The maximum Gasteiger partial charge on any atom is 0.162 e. The third-order valence-corrected chi connectivity index (χ3v) is 4.46. The van der Waals surface area contributed by atoms with Crippen LogP contribution in [0, 0.1) is 0 Å². The lowest BCUT2D eigenvalue weighted by atomic mass is 10.1. The molecule has 0 aliphatic carbocycles. The molecule has 2 aromatic carbocycles. The van der Waals surface area contributed by atoms with E-state index in [0.29, 0.717) is 11.5 Å². The number of rotatable bonds is 6. The van der Waals surface area contributed by atoms with E-state index >= 15 is 0 Å². The van der Waals surface area contributed by atoms with Crippen LogP contribution in [0.3, 0.4) is 0 Å². The standard InChI is InChI=1S/C21H20N4O3/c1-26-16-9-14(8-15(10-16)25-7-6-22-13-25)24-18-4-5-23-19-12-21(28-3)20(27-2)11-17(18)19/h4-13H,1-3H3,(H,23,24). The van der Waals surface area contributed by atoms with Crippen LogP contribution in [0.5, 0.6) is 17.2 Å². The SMILES string of the molecule is COc1cc(Nc2ccnc3cc(OC)c(OC)cc23)cc(-n2ccnc2)c1. The molecule has 28 heavy (non-hydrogen) atoms. The lowest BCUT2D eigenvalue weighted by molar-refractivity contribution is 0.356. The molecule has 0 saturated heterocycles. The topological polar surface area (TPSA) is 70.4 Å². The van der Waals surface area contributed by atoms with Crippen molar-refractivity contribution in [1.29, 1.82) is 0 Å². The number of hydrogen-bond acceptors (Lipinski definition) is 6. The largest absolute Gasteiger partial charge is 0.497 e. The molecule has 0 saturated carbocycles. The Morgan fingerprint density at radius 3 is 2.43 bits per heavy atom. The van der Waals surface area contributed by atoms with Crippen molar-refractivity contribution >= 4 is 22.3 Å². The summed E-state index contributed by atoms with van der Waals surface area (Å²) in [6.07, 6.45) is 7.13. The fourth-order valence-electron chi connectivity index (χ4n) is 3.07. The Morgan fingerprint density at radius 1 is 0.893 bits per heavy atom. The monoisotopic (exact) mass is 376 g/mol. The molecule has 2 aromatic heterocycles. The molecule has 0 spiro atoms. The van der Waals surface area contributed by atoms with Gasteiger partial charge in [-0.2, -0.15) is 0 Å². The third-order valence-electron chi connectivity index (χ3n) is 4.46. The van der Waals surface area contributed by atoms with Gasteiger partial charge in [0, 0.05) is 53.6 Å². The van der Waals surface area contributed by atoms with Crippen LogP contribution in [-0.2, 0) is 0 Å². The zero-order valence-electron chi connectivity index (χ0n) is 15.8. The molecule has 0 bridgehead atoms. The molecule has 7 nitrogen and oxygen atoms in total. The van der Waals surface area contributed by atoms with E-state index in [1.807, 2.05) is 47.2 Å². The first-order chi connectivity index (χ1) is 13.7. The second kappa shape index (κ2) is 7.48. The first-order valence-electron chi connectivity index (χ1n) is 8.67. The number of nitrogens with zero attached hydrogens (tertiary/aromatic N) is 3. The van der Waals surface area contributed by atoms with Crippen molar-refractivity contribution in [1.82, 2.24) is 14.5 Å². The highest BCUT2D eigenvalue weighted by atomic mass is 16.5. The average molecular weight is 376 g/mol. The van der Waals surface area contributed by atoms with E-state index < -0.39 is 0 Å². The predicted octanol–water partition coefficient (Wildman–Crippen LogP) is 4.19. The van der Waals surface area contributed by atoms with E-state index in [0.717, 1.165) is 33.7 Å². The fourth-order valence-corrected chi connectivity index (χ4v) is 3.07. The van der Waals surface area contributed by atoms with Crippen molar-refractivity contribution in [3.05, 3.63) is 61.3 Å². The predicted molar refractivity (Wildman–Crippen MR) is 108 cm³/mol. The number of aromatic nitrogens is 3. The van der Waals surface area contributed by atoms with Crippen LogP contribution in [0.2, 0.25) is 0 Å². The van der Waals surface area contributed by atoms with Gasteiger partial charge in [-0.15, -0.1) is 0 Å². The smallest absolute Gasteiger partial charge is 0.162 e. The first-order valence-corrected chi connectivity index (χ1v) is 8.67. The zero-order valence-corrected chi connectivity index (χ0v) is 15.8. The Kier molecular flexibility index (Phi) is 4.72. The summed E-state index contributed by atoms with van der Waals surface area (Å²) >= 11 is 0. The Morgan fingerprint density at radius 2 is 1.71 bits per heavy atom. The second-order valence-electron chi connectivity index (χ2n) is 6.10. The molecule has 0 fully saturated rings. The molecule has 0 unspecified atom stereocenters. The van der Waals surface area contributed by atoms with Crippen molar-refractivity contribution in [2.45, 2.75) is 0 Å². The molecule has 1 N–H and O–H groups in total. The molecule has 0 amide bonds. The second-order valence-corrected chi connectivity index (χ2v) is 6.10. The molecule has 0 aliphatic rings. The number of pyridine rings is 1. The Labute approximate surface area is 162 Å². The molecule has 4 aromatic rings. The molecular weight excluding hydrogens is 356 g/mol. The van der Waals surface area contributed by atoms with E-state index in [1.165, 1.54) is 0 Å². The number of nitrogens with one attached hydrogen (secondary N) is 1. The summed E-state index contributed by atoms with van der Waals surface area (Å²) in [6.45, 7) is 0. The third kappa shape index (κ3) is 3.29. The van der Waals surface area contributed by atoms with Crippen molar-refractivity contribution in [3.8, 4) is 22.9 Å². The summed E-state index contributed by atoms with van der Waals surface area (Å²) in [5.41, 5.74) is 3.53. The van der Waals surface area contributed by atoms with Crippen LogP contribution in [0.1, 0.15) is 0 Å². The Balaban J connectivity index is 1.79. The quantitative estimate of drug-likeness (QED) is 0.544. The molecule has 2 heterocycles. The molecule has 0 aliphatic heterocycles. The van der Waals surface area contributed by atoms with Crippen molar-refractivity contribution in [2.75, 3.05) is 26.6 Å². The fraction of sp³-hybridized carbons (Fsp3) is 0.143. The van der Waals surface area contributed by atoms with Crippen LogP contribution < -0.4 is 19.5 Å². The van der Waals surface area contributed by atoms with Crippen LogP contribution in [0.4, 0.5) is 11.4 Å². The molecule has 4 rings (SSSR count). The lowest BCUT2D eigenvalue weighted by Gasteiger charge is -2.14. The Bertz CT molecular complexity index is 1110. The minimum Gasteiger partial charge on any atom is -0.497 e. The summed E-state index contributed by atoms with van der Waals surface area (Å²) in [7, 11) is 4.88. The molecule has 0 atom stereocenters. The van der Waals surface area contributed by atoms with Gasteiger partial charge in [-0.25, -0.2) is 4.98 Å². The van der Waals surface area contributed by atoms with Gasteiger partial charge in [0.15, 0.2) is 11.5 Å². The van der Waals surface area contributed by atoms with Crippen LogP contribution >= 0.6 is 0 Å². The van der Waals surface area contributed by atoms with Crippen LogP contribution in [0.25, 0.3) is 16.6 Å². The van der Waals surface area contributed by atoms with Gasteiger partial charge < -0.3 is 24.1 Å². The lowest BCUT2D eigenvalue weighted by Crippen LogP contribution is -1.98. The molecule has 142 valence electrons. The number of benzene rings is 2. The average Bonchev–Trinajstić information content (AvgIpc) is 3.27. The number of hydrogen-bond donors (Lipinski definition) is 1. The van der Waals surface area contributed by atoms with Gasteiger partial charge in [0.05, 0.1) is 38.9 Å². The van der Waals surface area contributed by atoms with Crippen LogP contribution in [-0.4, -0.2) is 35.9 Å². The van der Waals surface area contributed by atoms with E-state index in [9.17, 15) is 0 Å². The van der Waals surface area contributed by atoms with E-state index in [2.05, 4.69) is 15.3 Å². The van der Waals surface area contributed by atoms with Crippen molar-refractivity contribution in [2.24, 2.45) is 0 Å². The van der Waals surface area contributed by atoms with E-state index in [-0.39, 0.29) is 0 Å². The highest BCUT2D eigenvalue weighted by Crippen LogP contribution is 2.36.